The molecule has 124 valence electrons. The van der Waals surface area contributed by atoms with Gasteiger partial charge >= 0.3 is 6.03 Å². The molecule has 0 unspecified atom stereocenters. The van der Waals surface area contributed by atoms with Crippen LogP contribution < -0.4 is 20.3 Å². The molecule has 0 atom stereocenters. The van der Waals surface area contributed by atoms with Crippen LogP contribution in [0.3, 0.4) is 0 Å². The second-order valence-electron chi connectivity index (χ2n) is 4.55. The van der Waals surface area contributed by atoms with Crippen LogP contribution in [0.1, 0.15) is 11.1 Å². The summed E-state index contributed by atoms with van der Waals surface area (Å²) in [6.07, 6.45) is 2.98. The van der Waals surface area contributed by atoms with Crippen molar-refractivity contribution in [2.45, 2.75) is 0 Å². The summed E-state index contributed by atoms with van der Waals surface area (Å²) in [6.45, 7) is 0. The molecule has 7 heteroatoms. The van der Waals surface area contributed by atoms with E-state index in [9.17, 15) is 4.79 Å². The molecule has 0 fully saturated rings. The normalized spacial score (nSPS) is 10.8. The second kappa shape index (κ2) is 8.94. The lowest BCUT2D eigenvalue weighted by molar-refractivity contribution is 0.242. The Kier molecular flexibility index (Phi) is 6.34. The van der Waals surface area contributed by atoms with Gasteiger partial charge in [0.05, 0.1) is 26.6 Å². The summed E-state index contributed by atoms with van der Waals surface area (Å²) in [7, 11) is 3.14. The fourth-order valence-corrected chi connectivity index (χ4v) is 1.89. The van der Waals surface area contributed by atoms with Crippen molar-refractivity contribution in [3.63, 3.8) is 0 Å². The minimum Gasteiger partial charge on any atom is -0.496 e. The van der Waals surface area contributed by atoms with E-state index < -0.39 is 6.03 Å². The number of hydrogen-bond donors (Lipinski definition) is 2. The standard InChI is InChI=1S/C17H18N4O3/c1-23-15-9-5-3-7-13(15)11-18-20-17(22)21-19-12-14-8-4-6-10-16(14)24-2/h3-12H,1-2H3,(H2,20,21,22)/b18-11-,19-12+. The lowest BCUT2D eigenvalue weighted by Gasteiger charge is -2.03. The summed E-state index contributed by atoms with van der Waals surface area (Å²) in [5.41, 5.74) is 6.13. The van der Waals surface area contributed by atoms with Crippen LogP contribution >= 0.6 is 0 Å². The molecule has 2 aromatic carbocycles. The third-order valence-corrected chi connectivity index (χ3v) is 3.02. The molecule has 2 N–H and O–H groups in total. The number of rotatable bonds is 6. The first-order valence-corrected chi connectivity index (χ1v) is 7.12. The van der Waals surface area contributed by atoms with Crippen molar-refractivity contribution in [1.82, 2.24) is 10.9 Å². The average Bonchev–Trinajstić information content (AvgIpc) is 2.62. The molecular weight excluding hydrogens is 308 g/mol. The number of hydrogen-bond acceptors (Lipinski definition) is 5. The lowest BCUT2D eigenvalue weighted by atomic mass is 10.2. The first-order valence-electron chi connectivity index (χ1n) is 7.12. The summed E-state index contributed by atoms with van der Waals surface area (Å²) in [6, 6.07) is 14.1. The predicted molar refractivity (Wildman–Crippen MR) is 92.8 cm³/mol. The van der Waals surface area contributed by atoms with Crippen LogP contribution in [0.15, 0.2) is 58.7 Å². The highest BCUT2D eigenvalue weighted by atomic mass is 16.5. The minimum absolute atomic E-state index is 0.563. The van der Waals surface area contributed by atoms with E-state index in [0.717, 1.165) is 11.1 Å². The molecule has 0 saturated carbocycles. The van der Waals surface area contributed by atoms with Gasteiger partial charge in [0.1, 0.15) is 11.5 Å². The number of para-hydroxylation sites is 2. The maximum atomic E-state index is 11.6. The van der Waals surface area contributed by atoms with Crippen LogP contribution in [0.25, 0.3) is 0 Å². The molecule has 0 aliphatic heterocycles. The molecule has 0 aliphatic rings. The molecule has 7 nitrogen and oxygen atoms in total. The topological polar surface area (TPSA) is 84.3 Å². The van der Waals surface area contributed by atoms with Gasteiger partial charge in [-0.25, -0.2) is 15.6 Å². The number of carbonyl (C=O) groups is 1. The fraction of sp³-hybridized carbons (Fsp3) is 0.118. The third-order valence-electron chi connectivity index (χ3n) is 3.02. The van der Waals surface area contributed by atoms with Gasteiger partial charge in [-0.05, 0) is 24.3 Å². The monoisotopic (exact) mass is 326 g/mol. The number of methoxy groups -OCH3 is 2. The highest BCUT2D eigenvalue weighted by Crippen LogP contribution is 2.15. The number of urea groups is 1. The molecule has 2 rings (SSSR count). The number of hydrazone groups is 2. The van der Waals surface area contributed by atoms with Crippen molar-refractivity contribution in [1.29, 1.82) is 0 Å². The zero-order valence-corrected chi connectivity index (χ0v) is 13.4. The number of nitrogens with one attached hydrogen (secondary N) is 2. The maximum absolute atomic E-state index is 11.6. The van der Waals surface area contributed by atoms with Crippen molar-refractivity contribution in [3.05, 3.63) is 59.7 Å². The number of amides is 2. The highest BCUT2D eigenvalue weighted by Gasteiger charge is 2.00. The molecule has 0 radical (unpaired) electrons. The summed E-state index contributed by atoms with van der Waals surface area (Å²) in [5.74, 6) is 1.33. The Morgan fingerprint density at radius 1 is 0.833 bits per heavy atom. The number of nitrogens with zero attached hydrogens (tertiary/aromatic N) is 2. The van der Waals surface area contributed by atoms with E-state index in [-0.39, 0.29) is 0 Å². The summed E-state index contributed by atoms with van der Waals surface area (Å²) < 4.78 is 10.4. The van der Waals surface area contributed by atoms with Crippen LogP contribution in [0.5, 0.6) is 11.5 Å². The predicted octanol–water partition coefficient (Wildman–Crippen LogP) is 2.37. The third kappa shape index (κ3) is 4.84. The van der Waals surface area contributed by atoms with Gasteiger partial charge in [0.2, 0.25) is 0 Å². The van der Waals surface area contributed by atoms with Crippen LogP contribution in [-0.4, -0.2) is 32.7 Å². The molecule has 0 saturated heterocycles. The van der Waals surface area contributed by atoms with E-state index in [1.807, 2.05) is 36.4 Å². The van der Waals surface area contributed by atoms with Gasteiger partial charge < -0.3 is 9.47 Å². The first kappa shape index (κ1) is 17.0. The molecule has 2 aromatic rings. The number of ether oxygens (including phenoxy) is 2. The van der Waals surface area contributed by atoms with Crippen LogP contribution in [-0.2, 0) is 0 Å². The molecule has 0 aromatic heterocycles. The number of carbonyl (C=O) groups excluding carboxylic acids is 1. The smallest absolute Gasteiger partial charge is 0.355 e. The van der Waals surface area contributed by atoms with Gasteiger partial charge in [-0.15, -0.1) is 0 Å². The molecule has 24 heavy (non-hydrogen) atoms. The molecule has 0 aliphatic carbocycles. The molecule has 0 spiro atoms. The lowest BCUT2D eigenvalue weighted by Crippen LogP contribution is -2.28. The Morgan fingerprint density at radius 3 is 1.67 bits per heavy atom. The molecular formula is C17H18N4O3. The average molecular weight is 326 g/mol. The van der Waals surface area contributed by atoms with E-state index in [1.165, 1.54) is 12.4 Å². The van der Waals surface area contributed by atoms with E-state index in [0.29, 0.717) is 11.5 Å². The van der Waals surface area contributed by atoms with Gasteiger partial charge in [-0.2, -0.15) is 10.2 Å². The SMILES string of the molecule is COc1ccccc1/C=N\NC(=O)N/N=C/c1ccccc1OC. The Balaban J connectivity index is 1.87. The summed E-state index contributed by atoms with van der Waals surface area (Å²) in [5, 5.41) is 7.69. The van der Waals surface area contributed by atoms with Crippen molar-refractivity contribution in [2.75, 3.05) is 14.2 Å². The van der Waals surface area contributed by atoms with Gasteiger partial charge in [-0.1, -0.05) is 24.3 Å². The van der Waals surface area contributed by atoms with Gasteiger partial charge in [0.15, 0.2) is 0 Å². The first-order chi connectivity index (χ1) is 11.7. The Morgan fingerprint density at radius 2 is 1.25 bits per heavy atom. The van der Waals surface area contributed by atoms with Crippen molar-refractivity contribution >= 4 is 18.5 Å². The van der Waals surface area contributed by atoms with E-state index >= 15 is 0 Å². The minimum atomic E-state index is -0.563. The zero-order chi connectivity index (χ0) is 17.2. The van der Waals surface area contributed by atoms with Crippen LogP contribution in [0, 0.1) is 0 Å². The summed E-state index contributed by atoms with van der Waals surface area (Å²) in [4.78, 5) is 11.6. The molecule has 2 amide bonds. The van der Waals surface area contributed by atoms with Gasteiger partial charge in [0.25, 0.3) is 0 Å². The van der Waals surface area contributed by atoms with Crippen molar-refractivity contribution in [3.8, 4) is 11.5 Å². The maximum Gasteiger partial charge on any atom is 0.355 e. The Hall–Kier alpha value is -3.35. The molecule has 0 heterocycles. The Labute approximate surface area is 140 Å². The van der Waals surface area contributed by atoms with Crippen molar-refractivity contribution < 1.29 is 14.3 Å². The van der Waals surface area contributed by atoms with Crippen molar-refractivity contribution in [2.24, 2.45) is 10.2 Å². The van der Waals surface area contributed by atoms with E-state index in [4.69, 9.17) is 9.47 Å². The zero-order valence-electron chi connectivity index (χ0n) is 13.4. The Bertz CT molecular complexity index is 683. The second-order valence-corrected chi connectivity index (χ2v) is 4.55. The van der Waals surface area contributed by atoms with Crippen LogP contribution in [0.4, 0.5) is 4.79 Å². The fourth-order valence-electron chi connectivity index (χ4n) is 1.89. The van der Waals surface area contributed by atoms with E-state index in [2.05, 4.69) is 21.1 Å². The van der Waals surface area contributed by atoms with Gasteiger partial charge in [-0.3, -0.25) is 0 Å². The van der Waals surface area contributed by atoms with Gasteiger partial charge in [0, 0.05) is 11.1 Å². The number of benzene rings is 2. The quantitative estimate of drug-likeness (QED) is 0.631. The van der Waals surface area contributed by atoms with Crippen LogP contribution in [0.2, 0.25) is 0 Å². The summed E-state index contributed by atoms with van der Waals surface area (Å²) >= 11 is 0. The van der Waals surface area contributed by atoms with E-state index in [1.54, 1.807) is 26.4 Å². The molecule has 0 bridgehead atoms. The largest absolute Gasteiger partial charge is 0.496 e. The highest BCUT2D eigenvalue weighted by molar-refractivity contribution is 5.86.